The fraction of sp³-hybridized carbons (Fsp3) is 0.182. The largest absolute Gasteiger partial charge is 0.490 e. The van der Waals surface area contributed by atoms with Crippen molar-refractivity contribution >= 4 is 29.3 Å². The number of aromatic nitrogens is 2. The first-order chi connectivity index (χ1) is 13.5. The van der Waals surface area contributed by atoms with Gasteiger partial charge in [0.05, 0.1) is 28.7 Å². The number of nitrogens with one attached hydrogen (secondary N) is 1. The molecule has 1 N–H and O–H groups in total. The zero-order valence-electron chi connectivity index (χ0n) is 16.1. The molecule has 1 amide bonds. The maximum atomic E-state index is 12.4. The molecule has 2 aromatic carbocycles. The molecule has 144 valence electrons. The number of carbonyl (C=O) groups excluding carboxylic acids is 1. The maximum Gasteiger partial charge on any atom is 0.248 e. The monoisotopic (exact) mass is 395 g/mol. The number of aryl methyl sites for hydroxylation is 1. The van der Waals surface area contributed by atoms with Gasteiger partial charge in [0.2, 0.25) is 5.91 Å². The normalized spacial score (nSPS) is 11.0. The van der Waals surface area contributed by atoms with Crippen molar-refractivity contribution in [1.82, 2.24) is 9.78 Å². The molecular weight excluding hydrogens is 374 g/mol. The van der Waals surface area contributed by atoms with Crippen LogP contribution in [0, 0.1) is 13.8 Å². The summed E-state index contributed by atoms with van der Waals surface area (Å²) in [6.07, 6.45) is 3.26. The molecule has 6 heteroatoms. The molecule has 0 atom stereocenters. The van der Waals surface area contributed by atoms with E-state index in [4.69, 9.17) is 16.3 Å². The molecule has 0 aliphatic rings. The van der Waals surface area contributed by atoms with E-state index in [1.807, 2.05) is 55.8 Å². The van der Waals surface area contributed by atoms with Gasteiger partial charge >= 0.3 is 0 Å². The molecule has 0 aliphatic carbocycles. The number of rotatable bonds is 6. The zero-order valence-corrected chi connectivity index (χ0v) is 16.8. The van der Waals surface area contributed by atoms with Gasteiger partial charge in [0.15, 0.2) is 5.75 Å². The first kappa shape index (κ1) is 19.7. The first-order valence-corrected chi connectivity index (χ1v) is 9.41. The summed E-state index contributed by atoms with van der Waals surface area (Å²) in [7, 11) is 0. The van der Waals surface area contributed by atoms with Crippen molar-refractivity contribution in [2.75, 3.05) is 11.9 Å². The molecule has 0 radical (unpaired) electrons. The second-order valence-corrected chi connectivity index (χ2v) is 6.61. The lowest BCUT2D eigenvalue weighted by Crippen LogP contribution is -2.09. The Bertz CT molecular complexity index is 1010. The van der Waals surface area contributed by atoms with Crippen LogP contribution in [0.15, 0.2) is 54.6 Å². The Morgan fingerprint density at radius 2 is 1.93 bits per heavy atom. The van der Waals surface area contributed by atoms with E-state index in [0.29, 0.717) is 23.1 Å². The summed E-state index contributed by atoms with van der Waals surface area (Å²) in [6.45, 7) is 6.23. The number of carbonyl (C=O) groups is 1. The fourth-order valence-corrected chi connectivity index (χ4v) is 3.18. The van der Waals surface area contributed by atoms with Crippen LogP contribution >= 0.6 is 11.6 Å². The van der Waals surface area contributed by atoms with Crippen LogP contribution in [-0.2, 0) is 4.79 Å². The molecule has 3 rings (SSSR count). The van der Waals surface area contributed by atoms with E-state index in [0.717, 1.165) is 22.6 Å². The van der Waals surface area contributed by atoms with Crippen LogP contribution in [0.3, 0.4) is 0 Å². The Labute approximate surface area is 169 Å². The number of hydrogen-bond donors (Lipinski definition) is 1. The molecule has 5 nitrogen and oxygen atoms in total. The molecule has 3 aromatic rings. The Morgan fingerprint density at radius 3 is 2.64 bits per heavy atom. The molecule has 1 aromatic heterocycles. The number of benzene rings is 2. The third-order valence-corrected chi connectivity index (χ3v) is 4.56. The SMILES string of the molecule is CCOc1c(Cl)cccc1NC(=O)C=Cc1c(C)nn(-c2ccccc2)c1C. The summed E-state index contributed by atoms with van der Waals surface area (Å²) in [5, 5.41) is 7.87. The highest BCUT2D eigenvalue weighted by molar-refractivity contribution is 6.32. The number of nitrogens with zero attached hydrogens (tertiary/aromatic N) is 2. The average Bonchev–Trinajstić information content (AvgIpc) is 2.97. The van der Waals surface area contributed by atoms with Crippen LogP contribution in [-0.4, -0.2) is 22.3 Å². The van der Waals surface area contributed by atoms with Crippen LogP contribution in [0.1, 0.15) is 23.9 Å². The van der Waals surface area contributed by atoms with Crippen molar-refractivity contribution in [1.29, 1.82) is 0 Å². The van der Waals surface area contributed by atoms with Crippen molar-refractivity contribution in [2.24, 2.45) is 0 Å². The van der Waals surface area contributed by atoms with Gasteiger partial charge in [0.1, 0.15) is 0 Å². The van der Waals surface area contributed by atoms with Gasteiger partial charge in [0, 0.05) is 17.3 Å². The topological polar surface area (TPSA) is 56.1 Å². The summed E-state index contributed by atoms with van der Waals surface area (Å²) in [4.78, 5) is 12.4. The molecule has 0 spiro atoms. The fourth-order valence-electron chi connectivity index (χ4n) is 2.95. The quantitative estimate of drug-likeness (QED) is 0.584. The lowest BCUT2D eigenvalue weighted by Gasteiger charge is -2.11. The number of amides is 1. The smallest absolute Gasteiger partial charge is 0.248 e. The van der Waals surface area contributed by atoms with Crippen LogP contribution in [0.25, 0.3) is 11.8 Å². The van der Waals surface area contributed by atoms with Crippen molar-refractivity contribution in [3.05, 3.63) is 76.6 Å². The molecule has 28 heavy (non-hydrogen) atoms. The lowest BCUT2D eigenvalue weighted by atomic mass is 10.2. The van der Waals surface area contributed by atoms with E-state index in [9.17, 15) is 4.79 Å². The van der Waals surface area contributed by atoms with E-state index in [-0.39, 0.29) is 5.91 Å². The van der Waals surface area contributed by atoms with Gasteiger partial charge < -0.3 is 10.1 Å². The van der Waals surface area contributed by atoms with Crippen LogP contribution in [0.5, 0.6) is 5.75 Å². The van der Waals surface area contributed by atoms with Crippen molar-refractivity contribution in [3.8, 4) is 11.4 Å². The van der Waals surface area contributed by atoms with E-state index in [1.54, 1.807) is 24.3 Å². The van der Waals surface area contributed by atoms with Gasteiger partial charge in [-0.15, -0.1) is 0 Å². The Kier molecular flexibility index (Phi) is 6.16. The summed E-state index contributed by atoms with van der Waals surface area (Å²) in [5.41, 5.74) is 4.24. The van der Waals surface area contributed by atoms with E-state index in [1.165, 1.54) is 6.08 Å². The van der Waals surface area contributed by atoms with Gasteiger partial charge in [-0.25, -0.2) is 4.68 Å². The summed E-state index contributed by atoms with van der Waals surface area (Å²) in [5.74, 6) is 0.201. The van der Waals surface area contributed by atoms with Gasteiger partial charge in [-0.3, -0.25) is 4.79 Å². The highest BCUT2D eigenvalue weighted by Gasteiger charge is 2.12. The minimum absolute atomic E-state index is 0.269. The molecule has 0 saturated carbocycles. The van der Waals surface area contributed by atoms with Crippen molar-refractivity contribution in [3.63, 3.8) is 0 Å². The Balaban J connectivity index is 1.81. The second kappa shape index (κ2) is 8.76. The van der Waals surface area contributed by atoms with Gasteiger partial charge in [0.25, 0.3) is 0 Å². The van der Waals surface area contributed by atoms with E-state index in [2.05, 4.69) is 10.4 Å². The minimum Gasteiger partial charge on any atom is -0.490 e. The minimum atomic E-state index is -0.269. The number of halogens is 1. The van der Waals surface area contributed by atoms with Crippen LogP contribution < -0.4 is 10.1 Å². The number of anilines is 1. The number of hydrogen-bond acceptors (Lipinski definition) is 3. The highest BCUT2D eigenvalue weighted by Crippen LogP contribution is 2.32. The van der Waals surface area contributed by atoms with Crippen molar-refractivity contribution < 1.29 is 9.53 Å². The predicted octanol–water partition coefficient (Wildman–Crippen LogP) is 5.19. The van der Waals surface area contributed by atoms with Crippen molar-refractivity contribution in [2.45, 2.75) is 20.8 Å². The molecule has 0 saturated heterocycles. The lowest BCUT2D eigenvalue weighted by molar-refractivity contribution is -0.111. The molecule has 0 unspecified atom stereocenters. The van der Waals surface area contributed by atoms with Gasteiger partial charge in [-0.1, -0.05) is 35.9 Å². The average molecular weight is 396 g/mol. The maximum absolute atomic E-state index is 12.4. The van der Waals surface area contributed by atoms with E-state index >= 15 is 0 Å². The summed E-state index contributed by atoms with van der Waals surface area (Å²) < 4.78 is 7.41. The van der Waals surface area contributed by atoms with Gasteiger partial charge in [-0.05, 0) is 51.1 Å². The van der Waals surface area contributed by atoms with Gasteiger partial charge in [-0.2, -0.15) is 5.10 Å². The standard InChI is InChI=1S/C22H22ClN3O2/c1-4-28-22-19(23)11-8-12-20(22)24-21(27)14-13-18-15(2)25-26(16(18)3)17-9-6-5-7-10-17/h5-14H,4H2,1-3H3,(H,24,27). The van der Waals surface area contributed by atoms with Crippen LogP contribution in [0.2, 0.25) is 5.02 Å². The summed E-state index contributed by atoms with van der Waals surface area (Å²) >= 11 is 6.16. The number of para-hydroxylation sites is 2. The number of ether oxygens (including phenoxy) is 1. The predicted molar refractivity (Wildman–Crippen MR) is 113 cm³/mol. The zero-order chi connectivity index (χ0) is 20.1. The third-order valence-electron chi connectivity index (χ3n) is 4.26. The Hall–Kier alpha value is -3.05. The third kappa shape index (κ3) is 4.26. The summed E-state index contributed by atoms with van der Waals surface area (Å²) in [6, 6.07) is 15.1. The molecular formula is C22H22ClN3O2. The molecule has 1 heterocycles. The van der Waals surface area contributed by atoms with Crippen LogP contribution in [0.4, 0.5) is 5.69 Å². The van der Waals surface area contributed by atoms with E-state index < -0.39 is 0 Å². The molecule has 0 fully saturated rings. The molecule has 0 bridgehead atoms. The Morgan fingerprint density at radius 1 is 1.18 bits per heavy atom. The highest BCUT2D eigenvalue weighted by atomic mass is 35.5. The molecule has 0 aliphatic heterocycles. The first-order valence-electron chi connectivity index (χ1n) is 9.03. The second-order valence-electron chi connectivity index (χ2n) is 6.20.